The van der Waals surface area contributed by atoms with Gasteiger partial charge in [0.25, 0.3) is 0 Å². The number of aromatic hydroxyl groups is 6. The van der Waals surface area contributed by atoms with Crippen molar-refractivity contribution >= 4 is 32.9 Å². The zero-order valence-corrected chi connectivity index (χ0v) is 19.1. The largest absolute Gasteiger partial charge is 0.508 e. The molecule has 1 aliphatic carbocycles. The summed E-state index contributed by atoms with van der Waals surface area (Å²) in [5, 5.41) is 82.5. The molecular weight excluding hydrogens is 504 g/mol. The Morgan fingerprint density at radius 1 is 0.658 bits per heavy atom. The molecule has 2 unspecified atom stereocenters. The molecule has 0 saturated carbocycles. The van der Waals surface area contributed by atoms with Gasteiger partial charge in [-0.1, -0.05) is 0 Å². The summed E-state index contributed by atoms with van der Waals surface area (Å²) in [7, 11) is 0. The lowest BCUT2D eigenvalue weighted by Crippen LogP contribution is -2.23. The molecule has 2 atom stereocenters. The van der Waals surface area contributed by atoms with Gasteiger partial charge in [0.2, 0.25) is 10.9 Å². The maximum Gasteiger partial charge on any atom is 0.208 e. The minimum atomic E-state index is -1.28. The summed E-state index contributed by atoms with van der Waals surface area (Å²) >= 11 is 0. The van der Waals surface area contributed by atoms with Crippen molar-refractivity contribution in [3.8, 4) is 45.6 Å². The van der Waals surface area contributed by atoms with E-state index in [0.29, 0.717) is 0 Å². The lowest BCUT2D eigenvalue weighted by Gasteiger charge is -2.24. The Kier molecular flexibility index (Phi) is 4.80. The fourth-order valence-electron chi connectivity index (χ4n) is 5.05. The summed E-state index contributed by atoms with van der Waals surface area (Å²) in [6.07, 6.45) is -2.30. The Morgan fingerprint density at radius 3 is 2.08 bits per heavy atom. The Morgan fingerprint density at radius 2 is 1.34 bits per heavy atom. The standard InChI is InChI=1S/C26H18O12/c27-7-3-11(30)17-14(4-7)37-26-13(32)5-8(21(33)20(26)23(17)35)16-12(31)6-15-19(22(16)34)24(36)18-9(28)1-2-10(29)25(18)38-15/h3-6,9-10,27-34H,1-2H2. The third kappa shape index (κ3) is 3.04. The molecule has 12 heteroatoms. The lowest BCUT2D eigenvalue weighted by atomic mass is 9.90. The summed E-state index contributed by atoms with van der Waals surface area (Å²) in [4.78, 5) is 26.5. The fourth-order valence-corrected chi connectivity index (χ4v) is 5.05. The molecular formula is C26H18O12. The number of rotatable bonds is 1. The Labute approximate surface area is 209 Å². The van der Waals surface area contributed by atoms with Gasteiger partial charge in [-0.25, -0.2) is 0 Å². The van der Waals surface area contributed by atoms with E-state index in [1.807, 2.05) is 0 Å². The van der Waals surface area contributed by atoms with Crippen LogP contribution in [0.1, 0.15) is 36.4 Å². The van der Waals surface area contributed by atoms with E-state index in [9.17, 15) is 50.4 Å². The van der Waals surface area contributed by atoms with E-state index in [-0.39, 0.29) is 35.3 Å². The van der Waals surface area contributed by atoms with Crippen LogP contribution in [0.15, 0.2) is 42.7 Å². The topological polar surface area (TPSA) is 222 Å². The van der Waals surface area contributed by atoms with E-state index in [0.717, 1.165) is 24.3 Å². The molecule has 0 saturated heterocycles. The SMILES string of the molecule is O=c1c2c(oc3cc(O)c(-c4cc(O)c5oc6cc(O)cc(O)c6c(=O)c5c4O)c(O)c13)C(O)CCC2O. The van der Waals surface area contributed by atoms with Gasteiger partial charge in [-0.3, -0.25) is 9.59 Å². The predicted molar refractivity (Wildman–Crippen MR) is 131 cm³/mol. The second-order valence-electron chi connectivity index (χ2n) is 9.08. The van der Waals surface area contributed by atoms with E-state index in [4.69, 9.17) is 8.83 Å². The van der Waals surface area contributed by atoms with Gasteiger partial charge in [0.15, 0.2) is 11.3 Å². The van der Waals surface area contributed by atoms with Crippen molar-refractivity contribution in [1.29, 1.82) is 0 Å². The van der Waals surface area contributed by atoms with E-state index in [2.05, 4.69) is 0 Å². The molecule has 0 bridgehead atoms. The summed E-state index contributed by atoms with van der Waals surface area (Å²) in [5.41, 5.74) is -4.31. The molecule has 38 heavy (non-hydrogen) atoms. The van der Waals surface area contributed by atoms with E-state index in [1.54, 1.807) is 0 Å². The van der Waals surface area contributed by atoms with Crippen LogP contribution in [-0.2, 0) is 0 Å². The van der Waals surface area contributed by atoms with E-state index >= 15 is 0 Å². The van der Waals surface area contributed by atoms with Crippen molar-refractivity contribution in [2.75, 3.05) is 0 Å². The van der Waals surface area contributed by atoms with Crippen molar-refractivity contribution in [3.05, 3.63) is 56.0 Å². The molecule has 2 heterocycles. The van der Waals surface area contributed by atoms with Crippen LogP contribution in [-0.4, -0.2) is 40.9 Å². The molecule has 1 aliphatic rings. The van der Waals surface area contributed by atoms with Crippen LogP contribution in [0.3, 0.4) is 0 Å². The molecule has 0 aliphatic heterocycles. The first-order valence-electron chi connectivity index (χ1n) is 11.3. The maximum atomic E-state index is 13.3. The maximum absolute atomic E-state index is 13.3. The van der Waals surface area contributed by atoms with Crippen LogP contribution < -0.4 is 10.9 Å². The second-order valence-corrected chi connectivity index (χ2v) is 9.08. The second kappa shape index (κ2) is 7.78. The Balaban J connectivity index is 1.71. The van der Waals surface area contributed by atoms with Gasteiger partial charge >= 0.3 is 0 Å². The number of aliphatic hydroxyl groups is 2. The molecule has 194 valence electrons. The third-order valence-corrected chi connectivity index (χ3v) is 6.78. The van der Waals surface area contributed by atoms with Crippen LogP contribution in [0.2, 0.25) is 0 Å². The van der Waals surface area contributed by atoms with Gasteiger partial charge in [0.1, 0.15) is 67.9 Å². The van der Waals surface area contributed by atoms with E-state index < -0.39 is 90.4 Å². The first-order valence-corrected chi connectivity index (χ1v) is 11.3. The zero-order chi connectivity index (χ0) is 27.2. The van der Waals surface area contributed by atoms with Gasteiger partial charge in [-0.15, -0.1) is 0 Å². The summed E-state index contributed by atoms with van der Waals surface area (Å²) in [5.74, 6) is -4.50. The summed E-state index contributed by atoms with van der Waals surface area (Å²) in [6.45, 7) is 0. The van der Waals surface area contributed by atoms with Crippen molar-refractivity contribution < 1.29 is 49.7 Å². The first-order chi connectivity index (χ1) is 18.0. The van der Waals surface area contributed by atoms with Crippen molar-refractivity contribution in [3.63, 3.8) is 0 Å². The molecule has 0 fully saturated rings. The van der Waals surface area contributed by atoms with Gasteiger partial charge in [-0.2, -0.15) is 0 Å². The van der Waals surface area contributed by atoms with E-state index in [1.165, 1.54) is 0 Å². The highest BCUT2D eigenvalue weighted by molar-refractivity contribution is 6.05. The summed E-state index contributed by atoms with van der Waals surface area (Å²) < 4.78 is 11.0. The molecule has 3 aromatic carbocycles. The number of benzene rings is 3. The lowest BCUT2D eigenvalue weighted by molar-refractivity contribution is 0.0715. The number of hydrogen-bond acceptors (Lipinski definition) is 12. The molecule has 6 rings (SSSR count). The van der Waals surface area contributed by atoms with Crippen molar-refractivity contribution in [2.45, 2.75) is 25.0 Å². The van der Waals surface area contributed by atoms with Gasteiger partial charge in [0.05, 0.1) is 17.2 Å². The molecule has 0 radical (unpaired) electrons. The van der Waals surface area contributed by atoms with Gasteiger partial charge in [-0.05, 0) is 18.9 Å². The normalized spacial score (nSPS) is 17.3. The average molecular weight is 522 g/mol. The quantitative estimate of drug-likeness (QED) is 0.118. The van der Waals surface area contributed by atoms with Crippen molar-refractivity contribution in [2.24, 2.45) is 0 Å². The highest BCUT2D eigenvalue weighted by atomic mass is 16.4. The van der Waals surface area contributed by atoms with Gasteiger partial charge in [0, 0.05) is 23.8 Å². The number of aliphatic hydroxyl groups excluding tert-OH is 2. The van der Waals surface area contributed by atoms with Crippen LogP contribution >= 0.6 is 0 Å². The monoisotopic (exact) mass is 522 g/mol. The van der Waals surface area contributed by atoms with Crippen molar-refractivity contribution in [1.82, 2.24) is 0 Å². The number of hydrogen-bond donors (Lipinski definition) is 8. The van der Waals surface area contributed by atoms with Crippen LogP contribution in [0.25, 0.3) is 44.0 Å². The highest BCUT2D eigenvalue weighted by Gasteiger charge is 2.33. The molecule has 2 aromatic heterocycles. The predicted octanol–water partition coefficient (Wildman–Crippen LogP) is 2.81. The Hall–Kier alpha value is -4.94. The smallest absolute Gasteiger partial charge is 0.208 e. The highest BCUT2D eigenvalue weighted by Crippen LogP contribution is 2.50. The third-order valence-electron chi connectivity index (χ3n) is 6.78. The zero-order valence-electron chi connectivity index (χ0n) is 19.1. The fraction of sp³-hybridized carbons (Fsp3) is 0.154. The number of fused-ring (bicyclic) bond motifs is 4. The summed E-state index contributed by atoms with van der Waals surface area (Å²) in [6, 6.07) is 3.71. The molecule has 12 nitrogen and oxygen atoms in total. The molecule has 0 spiro atoms. The number of phenols is 6. The number of phenolic OH excluding ortho intramolecular Hbond substituents is 6. The first kappa shape index (κ1) is 23.5. The van der Waals surface area contributed by atoms with Crippen LogP contribution in [0, 0.1) is 0 Å². The Bertz CT molecular complexity index is 1970. The molecule has 0 amide bonds. The van der Waals surface area contributed by atoms with Crippen LogP contribution in [0.4, 0.5) is 0 Å². The molecule has 5 aromatic rings. The minimum Gasteiger partial charge on any atom is -0.508 e. The molecule has 8 N–H and O–H groups in total. The van der Waals surface area contributed by atoms with Crippen LogP contribution in [0.5, 0.6) is 34.5 Å². The average Bonchev–Trinajstić information content (AvgIpc) is 2.83. The minimum absolute atomic E-state index is 0.0593. The van der Waals surface area contributed by atoms with Gasteiger partial charge < -0.3 is 49.7 Å².